The second-order valence-corrected chi connectivity index (χ2v) is 17.7. The highest BCUT2D eigenvalue weighted by Crippen LogP contribution is 2.55. The van der Waals surface area contributed by atoms with Gasteiger partial charge in [-0.2, -0.15) is 0 Å². The van der Waals surface area contributed by atoms with Crippen molar-refractivity contribution in [3.63, 3.8) is 0 Å². The fourth-order valence-corrected chi connectivity index (χ4v) is 10.4. The van der Waals surface area contributed by atoms with Crippen LogP contribution >= 0.6 is 0 Å². The maximum atomic E-state index is 5.35. The SMILES string of the molecule is CC1(C)c2ccccc2-c2cccc(-c3cc(-c4nc(-c5ccc6ncccc6c5)nc(-c5ccc6ncccc6c5)n4)cc(-c4cccc5c4C(C)(C)c4ccccc4-5)c3)c21. The van der Waals surface area contributed by atoms with Crippen LogP contribution in [0.3, 0.4) is 0 Å². The average molecular weight is 796 g/mol. The normalized spacial score (nSPS) is 14.1. The predicted molar refractivity (Wildman–Crippen MR) is 253 cm³/mol. The highest BCUT2D eigenvalue weighted by Gasteiger charge is 2.39. The molecule has 3 heterocycles. The molecule has 0 spiro atoms. The van der Waals surface area contributed by atoms with Crippen LogP contribution in [0.5, 0.6) is 0 Å². The second-order valence-electron chi connectivity index (χ2n) is 17.7. The van der Waals surface area contributed by atoms with Crippen molar-refractivity contribution in [3.8, 4) is 78.7 Å². The van der Waals surface area contributed by atoms with Crippen LogP contribution in [-0.4, -0.2) is 24.9 Å². The molecule has 5 heteroatoms. The Hall–Kier alpha value is -7.63. The van der Waals surface area contributed by atoms with Crippen molar-refractivity contribution in [2.45, 2.75) is 38.5 Å². The topological polar surface area (TPSA) is 64.5 Å². The summed E-state index contributed by atoms with van der Waals surface area (Å²) in [5.41, 5.74) is 19.3. The lowest BCUT2D eigenvalue weighted by atomic mass is 9.77. The zero-order valence-corrected chi connectivity index (χ0v) is 35.0. The Balaban J connectivity index is 1.13. The first-order valence-corrected chi connectivity index (χ1v) is 21.3. The summed E-state index contributed by atoms with van der Waals surface area (Å²) in [6, 6.07) is 58.8. The van der Waals surface area contributed by atoms with Crippen LogP contribution in [-0.2, 0) is 10.8 Å². The highest BCUT2D eigenvalue weighted by atomic mass is 15.0. The molecule has 0 aliphatic heterocycles. The number of hydrogen-bond acceptors (Lipinski definition) is 5. The lowest BCUT2D eigenvalue weighted by Gasteiger charge is -2.26. The minimum absolute atomic E-state index is 0.209. The van der Waals surface area contributed by atoms with Gasteiger partial charge in [-0.15, -0.1) is 0 Å². The van der Waals surface area contributed by atoms with Crippen molar-refractivity contribution in [2.24, 2.45) is 0 Å². The lowest BCUT2D eigenvalue weighted by molar-refractivity contribution is 0.662. The average Bonchev–Trinajstić information content (AvgIpc) is 3.70. The highest BCUT2D eigenvalue weighted by molar-refractivity contribution is 5.94. The van der Waals surface area contributed by atoms with Crippen LogP contribution in [0.1, 0.15) is 49.9 Å². The van der Waals surface area contributed by atoms with Crippen molar-refractivity contribution in [1.82, 2.24) is 24.9 Å². The van der Waals surface area contributed by atoms with E-state index in [-0.39, 0.29) is 10.8 Å². The van der Waals surface area contributed by atoms with Gasteiger partial charge in [0.1, 0.15) is 0 Å². The molecule has 294 valence electrons. The number of pyridine rings is 2. The van der Waals surface area contributed by atoms with E-state index in [9.17, 15) is 0 Å². The van der Waals surface area contributed by atoms with E-state index >= 15 is 0 Å². The van der Waals surface area contributed by atoms with Gasteiger partial charge in [0, 0.05) is 50.7 Å². The molecule has 0 N–H and O–H groups in total. The fourth-order valence-electron chi connectivity index (χ4n) is 10.4. The van der Waals surface area contributed by atoms with Gasteiger partial charge in [-0.25, -0.2) is 15.0 Å². The van der Waals surface area contributed by atoms with Gasteiger partial charge in [-0.1, -0.05) is 125 Å². The summed E-state index contributed by atoms with van der Waals surface area (Å²) < 4.78 is 0. The monoisotopic (exact) mass is 795 g/mol. The summed E-state index contributed by atoms with van der Waals surface area (Å²) in [6.45, 7) is 9.44. The minimum atomic E-state index is -0.209. The number of fused-ring (bicyclic) bond motifs is 8. The molecule has 62 heavy (non-hydrogen) atoms. The molecular formula is C57H41N5. The zero-order valence-electron chi connectivity index (χ0n) is 35.0. The Morgan fingerprint density at radius 2 is 0.726 bits per heavy atom. The molecule has 12 rings (SSSR count). The van der Waals surface area contributed by atoms with E-state index in [1.54, 1.807) is 0 Å². The van der Waals surface area contributed by atoms with Gasteiger partial charge in [-0.3, -0.25) is 9.97 Å². The van der Waals surface area contributed by atoms with Crippen molar-refractivity contribution >= 4 is 21.8 Å². The maximum Gasteiger partial charge on any atom is 0.164 e. The van der Waals surface area contributed by atoms with Gasteiger partial charge in [0.2, 0.25) is 0 Å². The molecule has 7 aromatic carbocycles. The Morgan fingerprint density at radius 3 is 1.21 bits per heavy atom. The van der Waals surface area contributed by atoms with Crippen LogP contribution in [0.4, 0.5) is 0 Å². The molecule has 0 saturated carbocycles. The maximum absolute atomic E-state index is 5.35. The first-order chi connectivity index (χ1) is 30.2. The molecule has 0 bridgehead atoms. The smallest absolute Gasteiger partial charge is 0.164 e. The summed E-state index contributed by atoms with van der Waals surface area (Å²) in [6.07, 6.45) is 3.65. The fraction of sp³-hybridized carbons (Fsp3) is 0.105. The molecular weight excluding hydrogens is 755 g/mol. The second kappa shape index (κ2) is 13.4. The lowest BCUT2D eigenvalue weighted by Crippen LogP contribution is -2.16. The van der Waals surface area contributed by atoms with Crippen molar-refractivity contribution < 1.29 is 0 Å². The number of benzene rings is 7. The minimum Gasteiger partial charge on any atom is -0.256 e. The van der Waals surface area contributed by atoms with Gasteiger partial charge in [0.15, 0.2) is 17.5 Å². The first-order valence-electron chi connectivity index (χ1n) is 21.3. The van der Waals surface area contributed by atoms with E-state index in [1.165, 1.54) is 55.6 Å². The number of rotatable bonds is 5. The summed E-state index contributed by atoms with van der Waals surface area (Å²) in [5.74, 6) is 1.81. The molecule has 10 aromatic rings. The van der Waals surface area contributed by atoms with E-state index in [2.05, 4.69) is 177 Å². The quantitative estimate of drug-likeness (QED) is 0.174. The van der Waals surface area contributed by atoms with Crippen molar-refractivity contribution in [3.05, 3.63) is 198 Å². The Kier molecular flexibility index (Phi) is 7.85. The third-order valence-corrected chi connectivity index (χ3v) is 13.3. The summed E-state index contributed by atoms with van der Waals surface area (Å²) >= 11 is 0. The largest absolute Gasteiger partial charge is 0.256 e. The number of hydrogen-bond donors (Lipinski definition) is 0. The standard InChI is InChI=1S/C57H41N5/c1-56(2)47-21-7-5-15-43(47)45-19-9-17-41(51(45)56)38-31-39(42-18-10-20-46-44-16-6-8-22-48(44)57(3,4)52(42)46)33-40(32-38)55-61-53(36-23-25-49-34(29-36)13-11-27-58-49)60-54(62-55)37-24-26-50-35(30-37)14-12-28-59-50/h5-33H,1-4H3. The number of aromatic nitrogens is 5. The molecule has 0 fully saturated rings. The van der Waals surface area contributed by atoms with Crippen LogP contribution in [0, 0.1) is 0 Å². The van der Waals surface area contributed by atoms with Crippen molar-refractivity contribution in [1.29, 1.82) is 0 Å². The van der Waals surface area contributed by atoms with Crippen LogP contribution in [0.25, 0.3) is 100 Å². The van der Waals surface area contributed by atoms with E-state index in [0.717, 1.165) is 49.6 Å². The van der Waals surface area contributed by atoms with Gasteiger partial charge in [0.05, 0.1) is 11.0 Å². The van der Waals surface area contributed by atoms with Crippen LogP contribution in [0.15, 0.2) is 176 Å². The molecule has 0 radical (unpaired) electrons. The molecule has 2 aliphatic carbocycles. The van der Waals surface area contributed by atoms with Gasteiger partial charge < -0.3 is 0 Å². The molecule has 3 aromatic heterocycles. The Morgan fingerprint density at radius 1 is 0.323 bits per heavy atom. The number of nitrogens with zero attached hydrogens (tertiary/aromatic N) is 5. The molecule has 0 saturated heterocycles. The van der Waals surface area contributed by atoms with Gasteiger partial charge in [0.25, 0.3) is 0 Å². The van der Waals surface area contributed by atoms with Gasteiger partial charge >= 0.3 is 0 Å². The summed E-state index contributed by atoms with van der Waals surface area (Å²) in [5, 5.41) is 2.05. The van der Waals surface area contributed by atoms with E-state index in [4.69, 9.17) is 15.0 Å². The molecule has 0 amide bonds. The summed E-state index contributed by atoms with van der Waals surface area (Å²) in [7, 11) is 0. The van der Waals surface area contributed by atoms with Crippen LogP contribution in [0.2, 0.25) is 0 Å². The molecule has 0 atom stereocenters. The third-order valence-electron chi connectivity index (χ3n) is 13.3. The zero-order chi connectivity index (χ0) is 41.7. The van der Waals surface area contributed by atoms with Crippen LogP contribution < -0.4 is 0 Å². The van der Waals surface area contributed by atoms with E-state index < -0.39 is 0 Å². The molecule has 0 unspecified atom stereocenters. The van der Waals surface area contributed by atoms with E-state index in [1.807, 2.05) is 36.7 Å². The van der Waals surface area contributed by atoms with Gasteiger partial charge in [-0.05, 0) is 133 Å². The van der Waals surface area contributed by atoms with E-state index in [0.29, 0.717) is 17.5 Å². The first kappa shape index (κ1) is 36.2. The predicted octanol–water partition coefficient (Wildman–Crippen LogP) is 13.9. The molecule has 2 aliphatic rings. The summed E-state index contributed by atoms with van der Waals surface area (Å²) in [4.78, 5) is 25.1. The Labute approximate surface area is 360 Å². The third kappa shape index (κ3) is 5.51. The van der Waals surface area contributed by atoms with Crippen molar-refractivity contribution in [2.75, 3.05) is 0 Å². The Bertz CT molecular complexity index is 3270. The molecule has 5 nitrogen and oxygen atoms in total.